The molecule has 7 nitrogen and oxygen atoms in total. The van der Waals surface area contributed by atoms with E-state index in [-0.39, 0.29) is 55.7 Å². The fourth-order valence-corrected chi connectivity index (χ4v) is 6.84. The zero-order valence-electron chi connectivity index (χ0n) is 20.7. The lowest BCUT2D eigenvalue weighted by atomic mass is 10.2. The largest absolute Gasteiger partial charge is 0.340 e. The first-order chi connectivity index (χ1) is 18.1. The van der Waals surface area contributed by atoms with Gasteiger partial charge in [0.2, 0.25) is 21.8 Å². The lowest BCUT2D eigenvalue weighted by Crippen LogP contribution is -2.50. The molecule has 0 aromatic heterocycles. The fraction of sp³-hybridized carbons (Fsp3) is 0.259. The number of nitrogens with zero attached hydrogens (tertiary/aromatic N) is 2. The van der Waals surface area contributed by atoms with Gasteiger partial charge in [0, 0.05) is 48.4 Å². The van der Waals surface area contributed by atoms with Gasteiger partial charge >= 0.3 is 0 Å². The van der Waals surface area contributed by atoms with Crippen LogP contribution in [0.4, 0.5) is 5.69 Å². The third-order valence-electron chi connectivity index (χ3n) is 6.09. The van der Waals surface area contributed by atoms with Gasteiger partial charge in [0.25, 0.3) is 0 Å². The van der Waals surface area contributed by atoms with Gasteiger partial charge in [-0.15, -0.1) is 0 Å². The summed E-state index contributed by atoms with van der Waals surface area (Å²) in [5.74, 6) is -0.469. The van der Waals surface area contributed by atoms with Gasteiger partial charge in [-0.3, -0.25) is 9.59 Å². The van der Waals surface area contributed by atoms with Crippen LogP contribution < -0.4 is 5.32 Å². The highest BCUT2D eigenvalue weighted by Crippen LogP contribution is 2.39. The van der Waals surface area contributed by atoms with E-state index in [0.717, 1.165) is 19.8 Å². The molecule has 0 atom stereocenters. The molecule has 1 aliphatic heterocycles. The molecular formula is C27H27BrClN3O4S2. The van der Waals surface area contributed by atoms with Gasteiger partial charge < -0.3 is 10.2 Å². The number of sulfonamides is 1. The van der Waals surface area contributed by atoms with Gasteiger partial charge in [-0.05, 0) is 55.5 Å². The van der Waals surface area contributed by atoms with Crippen molar-refractivity contribution < 1.29 is 18.0 Å². The molecule has 1 aliphatic rings. The van der Waals surface area contributed by atoms with Gasteiger partial charge in [0.1, 0.15) is 0 Å². The molecule has 0 radical (unpaired) electrons. The van der Waals surface area contributed by atoms with Crippen molar-refractivity contribution in [1.29, 1.82) is 0 Å². The van der Waals surface area contributed by atoms with Crippen molar-refractivity contribution in [2.45, 2.75) is 34.5 Å². The maximum absolute atomic E-state index is 12.9. The number of hydrogen-bond donors (Lipinski definition) is 1. The second kappa shape index (κ2) is 12.7. The van der Waals surface area contributed by atoms with Crippen molar-refractivity contribution in [3.63, 3.8) is 0 Å². The molecule has 4 rings (SSSR count). The predicted molar refractivity (Wildman–Crippen MR) is 154 cm³/mol. The number of nitrogens with one attached hydrogen (secondary N) is 1. The number of anilines is 1. The summed E-state index contributed by atoms with van der Waals surface area (Å²) in [7, 11) is -3.62. The van der Waals surface area contributed by atoms with Crippen LogP contribution in [0.1, 0.15) is 18.4 Å². The average molecular weight is 637 g/mol. The quantitative estimate of drug-likeness (QED) is 0.337. The number of carbonyl (C=O) groups is 2. The smallest absolute Gasteiger partial charge is 0.243 e. The molecule has 0 bridgehead atoms. The summed E-state index contributed by atoms with van der Waals surface area (Å²) >= 11 is 11.2. The first-order valence-corrected chi connectivity index (χ1v) is 15.4. The van der Waals surface area contributed by atoms with Gasteiger partial charge in [0.05, 0.1) is 20.5 Å². The highest BCUT2D eigenvalue weighted by molar-refractivity contribution is 9.10. The Morgan fingerprint density at radius 3 is 2.26 bits per heavy atom. The standard InChI is InChI=1S/C27H27BrClN3O4S2/c1-19-5-9-21(10-6-19)37-27-23(29)3-2-4-24(27)30-25(33)13-14-26(34)31-15-17-32(18-16-31)38(35,36)22-11-7-20(28)8-12-22/h2-12H,13-18H2,1H3,(H,30,33). The number of hydrogen-bond acceptors (Lipinski definition) is 5. The van der Waals surface area contributed by atoms with E-state index < -0.39 is 10.0 Å². The highest BCUT2D eigenvalue weighted by Gasteiger charge is 2.30. The van der Waals surface area contributed by atoms with E-state index in [9.17, 15) is 18.0 Å². The zero-order valence-corrected chi connectivity index (χ0v) is 24.7. The van der Waals surface area contributed by atoms with Crippen molar-refractivity contribution in [2.24, 2.45) is 0 Å². The maximum Gasteiger partial charge on any atom is 0.243 e. The minimum Gasteiger partial charge on any atom is -0.340 e. The van der Waals surface area contributed by atoms with E-state index in [2.05, 4.69) is 21.2 Å². The number of rotatable bonds is 8. The minimum atomic E-state index is -3.62. The monoisotopic (exact) mass is 635 g/mol. The van der Waals surface area contributed by atoms with Gasteiger partial charge in [0.15, 0.2) is 0 Å². The fourth-order valence-electron chi connectivity index (χ4n) is 3.96. The predicted octanol–water partition coefficient (Wildman–Crippen LogP) is 5.81. The molecule has 200 valence electrons. The summed E-state index contributed by atoms with van der Waals surface area (Å²) in [6, 6.07) is 19.8. The number of piperazine rings is 1. The molecule has 0 saturated carbocycles. The molecule has 0 unspecified atom stereocenters. The van der Waals surface area contributed by atoms with Gasteiger partial charge in [-0.1, -0.05) is 63.1 Å². The molecular weight excluding hydrogens is 610 g/mol. The molecule has 0 spiro atoms. The SMILES string of the molecule is Cc1ccc(Sc2c(Cl)cccc2NC(=O)CCC(=O)N2CCN(S(=O)(=O)c3ccc(Br)cc3)CC2)cc1. The summed E-state index contributed by atoms with van der Waals surface area (Å²) in [5, 5.41) is 3.41. The van der Waals surface area contributed by atoms with Crippen molar-refractivity contribution in [2.75, 3.05) is 31.5 Å². The molecule has 38 heavy (non-hydrogen) atoms. The van der Waals surface area contributed by atoms with Crippen LogP contribution in [0.15, 0.2) is 85.9 Å². The summed E-state index contributed by atoms with van der Waals surface area (Å²) in [4.78, 5) is 29.0. The topological polar surface area (TPSA) is 86.8 Å². The number of amides is 2. The van der Waals surface area contributed by atoms with Crippen LogP contribution in [0.5, 0.6) is 0 Å². The van der Waals surface area contributed by atoms with Gasteiger partial charge in [-0.2, -0.15) is 4.31 Å². The first kappa shape index (κ1) is 28.6. The summed E-state index contributed by atoms with van der Waals surface area (Å²) in [5.41, 5.74) is 1.74. The van der Waals surface area contributed by atoms with Crippen molar-refractivity contribution >= 4 is 66.8 Å². The molecule has 1 fully saturated rings. The van der Waals surface area contributed by atoms with Crippen LogP contribution in [-0.4, -0.2) is 55.6 Å². The zero-order chi connectivity index (χ0) is 27.3. The Kier molecular flexibility index (Phi) is 9.54. The highest BCUT2D eigenvalue weighted by atomic mass is 79.9. The third kappa shape index (κ3) is 7.18. The molecule has 1 heterocycles. The molecule has 1 saturated heterocycles. The van der Waals surface area contributed by atoms with Crippen LogP contribution in [0.3, 0.4) is 0 Å². The molecule has 11 heteroatoms. The second-order valence-electron chi connectivity index (χ2n) is 8.82. The van der Waals surface area contributed by atoms with E-state index in [1.54, 1.807) is 47.4 Å². The molecule has 1 N–H and O–H groups in total. The Labute approximate surface area is 240 Å². The number of aryl methyl sites for hydroxylation is 1. The van der Waals surface area contributed by atoms with Crippen LogP contribution in [0.25, 0.3) is 0 Å². The first-order valence-electron chi connectivity index (χ1n) is 12.0. The van der Waals surface area contributed by atoms with Crippen molar-refractivity contribution in [1.82, 2.24) is 9.21 Å². The Balaban J connectivity index is 1.29. The van der Waals surface area contributed by atoms with Crippen LogP contribution in [-0.2, 0) is 19.6 Å². The van der Waals surface area contributed by atoms with E-state index in [1.807, 2.05) is 31.2 Å². The van der Waals surface area contributed by atoms with Crippen LogP contribution in [0.2, 0.25) is 5.02 Å². The van der Waals surface area contributed by atoms with Crippen molar-refractivity contribution in [3.05, 3.63) is 81.8 Å². The third-order valence-corrected chi connectivity index (χ3v) is 10.1. The lowest BCUT2D eigenvalue weighted by molar-refractivity contribution is -0.133. The number of carbonyl (C=O) groups excluding carboxylic acids is 2. The van der Waals surface area contributed by atoms with Gasteiger partial charge in [-0.25, -0.2) is 8.42 Å². The normalized spacial score (nSPS) is 14.3. The van der Waals surface area contributed by atoms with Crippen LogP contribution in [0, 0.1) is 6.92 Å². The maximum atomic E-state index is 12.9. The van der Waals surface area contributed by atoms with E-state index in [1.165, 1.54) is 16.1 Å². The minimum absolute atomic E-state index is 0.0113. The molecule has 0 aliphatic carbocycles. The summed E-state index contributed by atoms with van der Waals surface area (Å²) in [6.07, 6.45) is 0.0453. The number of halogens is 2. The summed E-state index contributed by atoms with van der Waals surface area (Å²) in [6.45, 7) is 2.99. The Bertz CT molecular complexity index is 1410. The molecule has 3 aromatic carbocycles. The van der Waals surface area contributed by atoms with Crippen molar-refractivity contribution in [3.8, 4) is 0 Å². The van der Waals surface area contributed by atoms with E-state index >= 15 is 0 Å². The number of benzene rings is 3. The Morgan fingerprint density at radius 1 is 0.947 bits per heavy atom. The second-order valence-corrected chi connectivity index (χ2v) is 13.2. The van der Waals surface area contributed by atoms with E-state index in [0.29, 0.717) is 10.7 Å². The average Bonchev–Trinajstić information content (AvgIpc) is 2.90. The lowest BCUT2D eigenvalue weighted by Gasteiger charge is -2.34. The van der Waals surface area contributed by atoms with Crippen LogP contribution >= 0.6 is 39.3 Å². The molecule has 2 amide bonds. The summed E-state index contributed by atoms with van der Waals surface area (Å²) < 4.78 is 28.0. The van der Waals surface area contributed by atoms with E-state index in [4.69, 9.17) is 11.6 Å². The Hall–Kier alpha value is -2.37. The molecule has 3 aromatic rings. The Morgan fingerprint density at radius 2 is 1.61 bits per heavy atom.